The lowest BCUT2D eigenvalue weighted by Crippen LogP contribution is -2.72. The van der Waals surface area contributed by atoms with E-state index in [1.54, 1.807) is 19.1 Å². The molecule has 1 amide bonds. The second-order valence-corrected chi connectivity index (χ2v) is 11.2. The number of unbranched alkanes of at least 4 members (excludes halogenated alkanes) is 1. The average Bonchev–Trinajstić information content (AvgIpc) is 2.80. The Morgan fingerprint density at radius 1 is 1.17 bits per heavy atom. The largest absolute Gasteiger partial charge is 0.507 e. The van der Waals surface area contributed by atoms with E-state index < -0.39 is 82.2 Å². The molecule has 0 spiro atoms. The lowest BCUT2D eigenvalue weighted by Gasteiger charge is -2.53. The highest BCUT2D eigenvalue weighted by Crippen LogP contribution is 2.54. The monoisotopic (exact) mass is 499 g/mol. The fourth-order valence-electron chi connectivity index (χ4n) is 6.65. The molecule has 9 nitrogen and oxygen atoms in total. The molecule has 3 aliphatic carbocycles. The van der Waals surface area contributed by atoms with Gasteiger partial charge in [-0.05, 0) is 23.3 Å². The molecule has 194 valence electrons. The number of carbonyl (C=O) groups excluding carboxylic acids is 5. The van der Waals surface area contributed by atoms with Crippen LogP contribution in [0.1, 0.15) is 80.8 Å². The lowest BCUT2D eigenvalue weighted by molar-refractivity contribution is -0.189. The van der Waals surface area contributed by atoms with Gasteiger partial charge in [-0.15, -0.1) is 0 Å². The van der Waals surface area contributed by atoms with E-state index >= 15 is 0 Å². The van der Waals surface area contributed by atoms with Gasteiger partial charge in [-0.25, -0.2) is 0 Å². The maximum Gasteiger partial charge on any atom is 0.235 e. The fourth-order valence-corrected chi connectivity index (χ4v) is 6.65. The van der Waals surface area contributed by atoms with Gasteiger partial charge in [0.1, 0.15) is 5.75 Å². The molecule has 3 aliphatic rings. The first-order valence-electron chi connectivity index (χ1n) is 12.4. The zero-order chi connectivity index (χ0) is 26.9. The molecule has 5 N–H and O–H groups in total. The van der Waals surface area contributed by atoms with Gasteiger partial charge in [-0.2, -0.15) is 0 Å². The molecule has 4 rings (SSSR count). The van der Waals surface area contributed by atoms with Crippen LogP contribution in [0.15, 0.2) is 12.1 Å². The first kappa shape index (κ1) is 26.2. The molecule has 0 aliphatic heterocycles. The third-order valence-electron chi connectivity index (χ3n) is 8.74. The van der Waals surface area contributed by atoms with Crippen molar-refractivity contribution in [3.8, 4) is 5.75 Å². The summed E-state index contributed by atoms with van der Waals surface area (Å²) in [7, 11) is 0. The number of ketones is 4. The number of primary amides is 1. The fraction of sp³-hybridized carbons (Fsp3) is 0.593. The van der Waals surface area contributed by atoms with Gasteiger partial charge < -0.3 is 21.1 Å². The molecular weight excluding hydrogens is 466 g/mol. The number of phenolic OH excluding ortho intramolecular Hbond substituents is 1. The minimum absolute atomic E-state index is 0.0563. The molecular formula is C27H33NO8. The van der Waals surface area contributed by atoms with Crippen LogP contribution in [0.5, 0.6) is 5.75 Å². The number of phenols is 1. The Morgan fingerprint density at radius 3 is 2.39 bits per heavy atom. The summed E-state index contributed by atoms with van der Waals surface area (Å²) in [5.41, 5.74) is 2.76. The van der Waals surface area contributed by atoms with E-state index in [9.17, 15) is 39.3 Å². The van der Waals surface area contributed by atoms with Crippen LogP contribution in [0.3, 0.4) is 0 Å². The highest BCUT2D eigenvalue weighted by Gasteiger charge is 2.69. The SMILES string of the molecule is CCCCC(C)(C)c1ccc2c(c1O)C(=O)C1C(=O)[C@]3(O)C(=O)C(C(N)=O)C(=O)C[C@@H]3[C@@H](O)[C@@H]1[C@H]2C. The lowest BCUT2D eigenvalue weighted by atomic mass is 9.50. The maximum atomic E-state index is 13.8. The summed E-state index contributed by atoms with van der Waals surface area (Å²) in [6.45, 7) is 7.65. The number of hydrogen-bond acceptors (Lipinski definition) is 8. The Hall–Kier alpha value is -2.91. The highest BCUT2D eigenvalue weighted by atomic mass is 16.3. The van der Waals surface area contributed by atoms with Crippen molar-refractivity contribution in [2.45, 2.75) is 76.4 Å². The molecule has 0 heterocycles. The van der Waals surface area contributed by atoms with Crippen molar-refractivity contribution in [2.75, 3.05) is 0 Å². The Labute approximate surface area is 209 Å². The van der Waals surface area contributed by atoms with Crippen LogP contribution < -0.4 is 5.73 Å². The van der Waals surface area contributed by atoms with Gasteiger partial charge in [-0.3, -0.25) is 24.0 Å². The van der Waals surface area contributed by atoms with E-state index in [4.69, 9.17) is 5.73 Å². The number of fused-ring (bicyclic) bond motifs is 3. The summed E-state index contributed by atoms with van der Waals surface area (Å²) < 4.78 is 0. The van der Waals surface area contributed by atoms with Gasteiger partial charge in [0.2, 0.25) is 5.91 Å². The molecule has 9 heteroatoms. The molecule has 1 aromatic rings. The average molecular weight is 500 g/mol. The first-order chi connectivity index (χ1) is 16.7. The Balaban J connectivity index is 1.85. The van der Waals surface area contributed by atoms with Gasteiger partial charge in [0.15, 0.2) is 34.7 Å². The predicted octanol–water partition coefficient (Wildman–Crippen LogP) is 1.33. The third-order valence-corrected chi connectivity index (χ3v) is 8.74. The van der Waals surface area contributed by atoms with E-state index in [2.05, 4.69) is 6.92 Å². The summed E-state index contributed by atoms with van der Waals surface area (Å²) in [5.74, 6) is -12.6. The van der Waals surface area contributed by atoms with Gasteiger partial charge >= 0.3 is 0 Å². The molecule has 1 aromatic carbocycles. The number of hydrogen-bond donors (Lipinski definition) is 4. The number of nitrogens with two attached hydrogens (primary N) is 1. The van der Waals surface area contributed by atoms with Crippen LogP contribution in [0, 0.1) is 23.7 Å². The minimum Gasteiger partial charge on any atom is -0.507 e. The van der Waals surface area contributed by atoms with E-state index in [1.165, 1.54) is 0 Å². The smallest absolute Gasteiger partial charge is 0.235 e. The molecule has 36 heavy (non-hydrogen) atoms. The molecule has 0 radical (unpaired) electrons. The van der Waals surface area contributed by atoms with Crippen molar-refractivity contribution in [3.05, 3.63) is 28.8 Å². The zero-order valence-electron chi connectivity index (χ0n) is 20.9. The number of aromatic hydroxyl groups is 1. The quantitative estimate of drug-likeness (QED) is 0.439. The van der Waals surface area contributed by atoms with Gasteiger partial charge in [0.05, 0.1) is 17.6 Å². The topological polar surface area (TPSA) is 172 Å². The molecule has 2 saturated carbocycles. The summed E-state index contributed by atoms with van der Waals surface area (Å²) in [5, 5.41) is 33.9. The van der Waals surface area contributed by atoms with E-state index in [0.717, 1.165) is 19.3 Å². The van der Waals surface area contributed by atoms with Crippen LogP contribution in [0.4, 0.5) is 0 Å². The minimum atomic E-state index is -2.91. The number of carbonyl (C=O) groups is 5. The number of amides is 1. The summed E-state index contributed by atoms with van der Waals surface area (Å²) in [6, 6.07) is 3.47. The second kappa shape index (κ2) is 8.59. The van der Waals surface area contributed by atoms with E-state index in [-0.39, 0.29) is 11.3 Å². The van der Waals surface area contributed by atoms with Crippen LogP contribution in [-0.4, -0.2) is 56.1 Å². The summed E-state index contributed by atoms with van der Waals surface area (Å²) >= 11 is 0. The predicted molar refractivity (Wildman–Crippen MR) is 127 cm³/mol. The first-order valence-corrected chi connectivity index (χ1v) is 12.4. The van der Waals surface area contributed by atoms with Crippen molar-refractivity contribution in [2.24, 2.45) is 29.4 Å². The standard InChI is InChI=1S/C27H33NO8/c1-5-6-9-26(3,4)13-8-7-12-11(2)16-19(22(32)17(12)20(13)30)24(34)27(36)14(21(16)31)10-15(29)18(23(27)33)25(28)35/h7-8,11,14,16,18-19,21,30-31,36H,5-6,9-10H2,1-4H3,(H2,28,35)/t11-,14+,16+,18?,19?,21+,27+/m0/s1. The molecule has 2 unspecified atom stereocenters. The summed E-state index contributed by atoms with van der Waals surface area (Å²) in [6.07, 6.45) is 0.440. The zero-order valence-corrected chi connectivity index (χ0v) is 20.9. The number of benzene rings is 1. The van der Waals surface area contributed by atoms with Crippen molar-refractivity contribution >= 4 is 29.0 Å². The Kier molecular flexibility index (Phi) is 6.24. The molecule has 0 bridgehead atoms. The molecule has 7 atom stereocenters. The number of Topliss-reactive ketones (excluding diaryl/α,β-unsaturated/α-hetero) is 4. The van der Waals surface area contributed by atoms with Crippen LogP contribution in [0.2, 0.25) is 0 Å². The van der Waals surface area contributed by atoms with Gasteiger partial charge in [0, 0.05) is 23.8 Å². The highest BCUT2D eigenvalue weighted by molar-refractivity contribution is 6.31. The van der Waals surface area contributed by atoms with Gasteiger partial charge in [0.25, 0.3) is 0 Å². The number of aliphatic hydroxyl groups is 2. The third kappa shape index (κ3) is 3.39. The Morgan fingerprint density at radius 2 is 1.81 bits per heavy atom. The second-order valence-electron chi connectivity index (χ2n) is 11.2. The van der Waals surface area contributed by atoms with Crippen molar-refractivity contribution in [3.63, 3.8) is 0 Å². The molecule has 2 fully saturated rings. The number of rotatable bonds is 5. The van der Waals surface area contributed by atoms with E-state index in [0.29, 0.717) is 11.1 Å². The van der Waals surface area contributed by atoms with Crippen molar-refractivity contribution in [1.82, 2.24) is 0 Å². The normalized spacial score (nSPS) is 34.2. The summed E-state index contributed by atoms with van der Waals surface area (Å²) in [4.78, 5) is 64.9. The number of aliphatic hydroxyl groups excluding tert-OH is 1. The van der Waals surface area contributed by atoms with E-state index in [1.807, 2.05) is 13.8 Å². The van der Waals surface area contributed by atoms with Crippen LogP contribution >= 0.6 is 0 Å². The van der Waals surface area contributed by atoms with Crippen LogP contribution in [0.25, 0.3) is 0 Å². The van der Waals surface area contributed by atoms with Gasteiger partial charge in [-0.1, -0.05) is 52.7 Å². The van der Waals surface area contributed by atoms with Crippen molar-refractivity contribution in [1.29, 1.82) is 0 Å². The van der Waals surface area contributed by atoms with Crippen LogP contribution in [-0.2, 0) is 24.6 Å². The Bertz CT molecular complexity index is 1190. The maximum absolute atomic E-state index is 13.8. The van der Waals surface area contributed by atoms with Crippen molar-refractivity contribution < 1.29 is 39.3 Å². The molecule has 0 saturated heterocycles. The molecule has 0 aromatic heterocycles.